The second-order valence-electron chi connectivity index (χ2n) is 5.70. The largest absolute Gasteiger partial charge is 0.482 e. The lowest BCUT2D eigenvalue weighted by atomic mass is 10.2. The molecule has 0 radical (unpaired) electrons. The SMILES string of the molecule is Cc1ccc(S(=O)(=O)CCC(=O)NNC(=O)COc2ccccc2Cl)cc1. The number of rotatable bonds is 7. The summed E-state index contributed by atoms with van der Waals surface area (Å²) < 4.78 is 29.6. The Morgan fingerprint density at radius 3 is 2.30 bits per heavy atom. The molecule has 144 valence electrons. The normalized spacial score (nSPS) is 10.9. The molecule has 0 aliphatic carbocycles. The first-order chi connectivity index (χ1) is 12.8. The number of ether oxygens (including phenoxy) is 1. The fourth-order valence-corrected chi connectivity index (χ4v) is 3.46. The van der Waals surface area contributed by atoms with Crippen LogP contribution in [0.4, 0.5) is 0 Å². The van der Waals surface area contributed by atoms with Gasteiger partial charge in [-0.3, -0.25) is 20.4 Å². The number of para-hydroxylation sites is 1. The van der Waals surface area contributed by atoms with Crippen molar-refractivity contribution in [3.05, 3.63) is 59.1 Å². The lowest BCUT2D eigenvalue weighted by Gasteiger charge is -2.10. The van der Waals surface area contributed by atoms with Crippen LogP contribution in [-0.2, 0) is 19.4 Å². The third kappa shape index (κ3) is 6.58. The van der Waals surface area contributed by atoms with Crippen LogP contribution in [0.2, 0.25) is 5.02 Å². The number of nitrogens with one attached hydrogen (secondary N) is 2. The van der Waals surface area contributed by atoms with Gasteiger partial charge in [0, 0.05) is 6.42 Å². The fraction of sp³-hybridized carbons (Fsp3) is 0.222. The standard InChI is InChI=1S/C18H19ClN2O5S/c1-13-6-8-14(9-7-13)27(24,25)11-10-17(22)20-21-18(23)12-26-16-5-3-2-4-15(16)19/h2-9H,10-12H2,1H3,(H,20,22)(H,21,23). The molecular formula is C18H19ClN2O5S. The maximum atomic E-state index is 12.2. The average molecular weight is 411 g/mol. The van der Waals surface area contributed by atoms with Gasteiger partial charge in [0.2, 0.25) is 5.91 Å². The molecule has 27 heavy (non-hydrogen) atoms. The van der Waals surface area contributed by atoms with Gasteiger partial charge >= 0.3 is 0 Å². The molecule has 0 aromatic heterocycles. The zero-order valence-corrected chi connectivity index (χ0v) is 16.1. The van der Waals surface area contributed by atoms with Gasteiger partial charge in [-0.25, -0.2) is 8.42 Å². The van der Waals surface area contributed by atoms with Crippen LogP contribution in [0.5, 0.6) is 5.75 Å². The van der Waals surface area contributed by atoms with E-state index in [2.05, 4.69) is 10.9 Å². The molecule has 0 aliphatic heterocycles. The average Bonchev–Trinajstić information content (AvgIpc) is 2.64. The molecule has 0 spiro atoms. The van der Waals surface area contributed by atoms with Crippen LogP contribution >= 0.6 is 11.6 Å². The van der Waals surface area contributed by atoms with Gasteiger partial charge in [0.15, 0.2) is 16.4 Å². The molecule has 2 aromatic carbocycles. The highest BCUT2D eigenvalue weighted by Crippen LogP contribution is 2.22. The van der Waals surface area contributed by atoms with Crippen LogP contribution in [0.1, 0.15) is 12.0 Å². The van der Waals surface area contributed by atoms with Gasteiger partial charge in [-0.1, -0.05) is 41.4 Å². The number of benzene rings is 2. The van der Waals surface area contributed by atoms with Crippen LogP contribution in [0, 0.1) is 6.92 Å². The topological polar surface area (TPSA) is 102 Å². The minimum absolute atomic E-state index is 0.151. The van der Waals surface area contributed by atoms with Crippen LogP contribution < -0.4 is 15.6 Å². The monoisotopic (exact) mass is 410 g/mol. The van der Waals surface area contributed by atoms with E-state index in [-0.39, 0.29) is 23.7 Å². The summed E-state index contributed by atoms with van der Waals surface area (Å²) in [6.07, 6.45) is -0.290. The van der Waals surface area contributed by atoms with Gasteiger partial charge in [0.05, 0.1) is 15.7 Å². The number of hydrogen-bond donors (Lipinski definition) is 2. The van der Waals surface area contributed by atoms with Gasteiger partial charge in [0.25, 0.3) is 5.91 Å². The van der Waals surface area contributed by atoms with Crippen molar-refractivity contribution in [1.29, 1.82) is 0 Å². The van der Waals surface area contributed by atoms with E-state index in [0.717, 1.165) is 5.56 Å². The van der Waals surface area contributed by atoms with E-state index < -0.39 is 21.7 Å². The third-order valence-electron chi connectivity index (χ3n) is 3.51. The van der Waals surface area contributed by atoms with E-state index in [9.17, 15) is 18.0 Å². The second kappa shape index (κ2) is 9.38. The molecule has 0 saturated heterocycles. The molecule has 0 saturated carbocycles. The summed E-state index contributed by atoms with van der Waals surface area (Å²) in [7, 11) is -3.57. The Morgan fingerprint density at radius 1 is 1.00 bits per heavy atom. The number of hydrazine groups is 1. The van der Waals surface area contributed by atoms with Crippen molar-refractivity contribution < 1.29 is 22.7 Å². The molecule has 2 N–H and O–H groups in total. The van der Waals surface area contributed by atoms with Crippen LogP contribution in [-0.4, -0.2) is 32.6 Å². The first-order valence-electron chi connectivity index (χ1n) is 8.02. The molecule has 7 nitrogen and oxygen atoms in total. The predicted octanol–water partition coefficient (Wildman–Crippen LogP) is 2.04. The minimum Gasteiger partial charge on any atom is -0.482 e. The number of hydrogen-bond acceptors (Lipinski definition) is 5. The van der Waals surface area contributed by atoms with Gasteiger partial charge in [0.1, 0.15) is 5.75 Å². The second-order valence-corrected chi connectivity index (χ2v) is 8.21. The van der Waals surface area contributed by atoms with E-state index >= 15 is 0 Å². The van der Waals surface area contributed by atoms with Gasteiger partial charge in [-0.15, -0.1) is 0 Å². The number of sulfone groups is 1. The molecule has 0 bridgehead atoms. The predicted molar refractivity (Wildman–Crippen MR) is 101 cm³/mol. The fourth-order valence-electron chi connectivity index (χ4n) is 2.03. The quantitative estimate of drug-likeness (QED) is 0.680. The highest BCUT2D eigenvalue weighted by molar-refractivity contribution is 7.91. The summed E-state index contributed by atoms with van der Waals surface area (Å²) in [5.41, 5.74) is 5.24. The molecule has 0 heterocycles. The molecule has 0 aliphatic rings. The maximum absolute atomic E-state index is 12.2. The van der Waals surface area contributed by atoms with Crippen molar-refractivity contribution in [3.63, 3.8) is 0 Å². The van der Waals surface area contributed by atoms with Crippen LogP contribution in [0.25, 0.3) is 0 Å². The summed E-state index contributed by atoms with van der Waals surface area (Å²) in [5, 5.41) is 0.357. The lowest BCUT2D eigenvalue weighted by molar-refractivity contribution is -0.129. The number of amides is 2. The Morgan fingerprint density at radius 2 is 1.63 bits per heavy atom. The number of carbonyl (C=O) groups excluding carboxylic acids is 2. The molecular weight excluding hydrogens is 392 g/mol. The van der Waals surface area contributed by atoms with Gasteiger partial charge in [-0.05, 0) is 31.2 Å². The van der Waals surface area contributed by atoms with E-state index in [1.807, 2.05) is 6.92 Å². The van der Waals surface area contributed by atoms with E-state index in [1.165, 1.54) is 12.1 Å². The van der Waals surface area contributed by atoms with Crippen molar-refractivity contribution in [3.8, 4) is 5.75 Å². The number of halogens is 1. The summed E-state index contributed by atoms with van der Waals surface area (Å²) in [5.74, 6) is -1.26. The molecule has 0 fully saturated rings. The molecule has 2 amide bonds. The smallest absolute Gasteiger partial charge is 0.276 e. The first kappa shape index (κ1) is 20.7. The van der Waals surface area contributed by atoms with E-state index in [0.29, 0.717) is 10.8 Å². The molecule has 0 atom stereocenters. The van der Waals surface area contributed by atoms with Gasteiger partial charge < -0.3 is 4.74 Å². The van der Waals surface area contributed by atoms with Crippen molar-refractivity contribution >= 4 is 33.3 Å². The Balaban J connectivity index is 1.74. The highest BCUT2D eigenvalue weighted by Gasteiger charge is 2.16. The number of aryl methyl sites for hydroxylation is 1. The molecule has 2 rings (SSSR count). The molecule has 0 unspecified atom stereocenters. The minimum atomic E-state index is -3.57. The van der Waals surface area contributed by atoms with Crippen molar-refractivity contribution in [2.75, 3.05) is 12.4 Å². The van der Waals surface area contributed by atoms with Crippen molar-refractivity contribution in [1.82, 2.24) is 10.9 Å². The number of carbonyl (C=O) groups is 2. The summed E-state index contributed by atoms with van der Waals surface area (Å²) in [6, 6.07) is 13.0. The van der Waals surface area contributed by atoms with Crippen molar-refractivity contribution in [2.24, 2.45) is 0 Å². The van der Waals surface area contributed by atoms with E-state index in [4.69, 9.17) is 16.3 Å². The molecule has 9 heteroatoms. The maximum Gasteiger partial charge on any atom is 0.276 e. The summed E-state index contributed by atoms with van der Waals surface area (Å²) in [4.78, 5) is 23.6. The Labute approximate surface area is 162 Å². The lowest BCUT2D eigenvalue weighted by Crippen LogP contribution is -2.44. The summed E-state index contributed by atoms with van der Waals surface area (Å²) in [6.45, 7) is 1.49. The first-order valence-corrected chi connectivity index (χ1v) is 10.1. The third-order valence-corrected chi connectivity index (χ3v) is 5.56. The zero-order chi connectivity index (χ0) is 19.9. The van der Waals surface area contributed by atoms with Crippen LogP contribution in [0.3, 0.4) is 0 Å². The van der Waals surface area contributed by atoms with Gasteiger partial charge in [-0.2, -0.15) is 0 Å². The van der Waals surface area contributed by atoms with E-state index in [1.54, 1.807) is 36.4 Å². The molecule has 2 aromatic rings. The highest BCUT2D eigenvalue weighted by atomic mass is 35.5. The zero-order valence-electron chi connectivity index (χ0n) is 14.6. The Hall–Kier alpha value is -2.58. The Kier molecular flexibility index (Phi) is 7.20. The summed E-state index contributed by atoms with van der Waals surface area (Å²) >= 11 is 5.89. The van der Waals surface area contributed by atoms with Crippen molar-refractivity contribution in [2.45, 2.75) is 18.2 Å². The van der Waals surface area contributed by atoms with Crippen LogP contribution in [0.15, 0.2) is 53.4 Å². The Bertz CT molecular complexity index is 914.